The Kier molecular flexibility index (Phi) is 4.86. The molecule has 2 saturated heterocycles. The molecular formula is C26H27N3O5. The van der Waals surface area contributed by atoms with Crippen LogP contribution in [-0.2, 0) is 34.0 Å². The van der Waals surface area contributed by atoms with Crippen molar-refractivity contribution in [3.63, 3.8) is 0 Å². The van der Waals surface area contributed by atoms with Crippen LogP contribution in [0.1, 0.15) is 45.3 Å². The van der Waals surface area contributed by atoms with Crippen molar-refractivity contribution >= 4 is 17.7 Å². The van der Waals surface area contributed by atoms with E-state index in [9.17, 15) is 14.4 Å². The standard InChI is InChI=1S/C26H27N3O5/c1-17-5-10-22(25(31)27-17)29-14-21-20(26(29)32)3-2-4-23(21)34-15-19-8-6-18(7-9-19)13-28-11-12-33-16-24(28)30/h2-4,6-9,22H,1,5,10-16H2,(H,27,31)/i5D2,10D2. The van der Waals surface area contributed by atoms with E-state index in [2.05, 4.69) is 11.9 Å². The van der Waals surface area contributed by atoms with Crippen molar-refractivity contribution in [1.29, 1.82) is 0 Å². The minimum absolute atomic E-state index is 0.0370. The highest BCUT2D eigenvalue weighted by Crippen LogP contribution is 2.34. The summed E-state index contributed by atoms with van der Waals surface area (Å²) in [5.41, 5.74) is 2.26. The Bertz CT molecular complexity index is 1310. The highest BCUT2D eigenvalue weighted by molar-refractivity contribution is 6.02. The first-order valence-corrected chi connectivity index (χ1v) is 11.0. The number of benzene rings is 2. The molecule has 2 aromatic carbocycles. The third-order valence-corrected chi connectivity index (χ3v) is 6.02. The van der Waals surface area contributed by atoms with Gasteiger partial charge >= 0.3 is 0 Å². The number of carbonyl (C=O) groups is 3. The lowest BCUT2D eigenvalue weighted by Gasteiger charge is -2.31. The van der Waals surface area contributed by atoms with E-state index in [1.165, 1.54) is 0 Å². The normalized spacial score (nSPS) is 25.1. The van der Waals surface area contributed by atoms with Crippen LogP contribution in [0.5, 0.6) is 5.75 Å². The highest BCUT2D eigenvalue weighted by Gasteiger charge is 2.39. The number of amides is 3. The zero-order chi connectivity index (χ0) is 27.2. The van der Waals surface area contributed by atoms with Crippen LogP contribution < -0.4 is 10.1 Å². The fourth-order valence-electron chi connectivity index (χ4n) is 4.20. The van der Waals surface area contributed by atoms with Gasteiger partial charge in [-0.15, -0.1) is 0 Å². The van der Waals surface area contributed by atoms with Gasteiger partial charge in [-0.2, -0.15) is 0 Å². The average Bonchev–Trinajstić information content (AvgIpc) is 3.20. The summed E-state index contributed by atoms with van der Waals surface area (Å²) in [7, 11) is 0. The number of hydrogen-bond acceptors (Lipinski definition) is 5. The highest BCUT2D eigenvalue weighted by atomic mass is 16.5. The predicted molar refractivity (Wildman–Crippen MR) is 124 cm³/mol. The Morgan fingerprint density at radius 2 is 1.94 bits per heavy atom. The number of allylic oxidation sites excluding steroid dienone is 1. The largest absolute Gasteiger partial charge is 0.489 e. The number of morpholine rings is 1. The zero-order valence-electron chi connectivity index (χ0n) is 22.5. The average molecular weight is 466 g/mol. The van der Waals surface area contributed by atoms with Crippen LogP contribution in [0.3, 0.4) is 0 Å². The van der Waals surface area contributed by atoms with Crippen molar-refractivity contribution in [3.05, 3.63) is 77.0 Å². The van der Waals surface area contributed by atoms with E-state index in [0.29, 0.717) is 31.0 Å². The first-order valence-electron chi connectivity index (χ1n) is 13.0. The smallest absolute Gasteiger partial charge is 0.255 e. The van der Waals surface area contributed by atoms with Crippen molar-refractivity contribution in [2.24, 2.45) is 0 Å². The second kappa shape index (κ2) is 9.30. The van der Waals surface area contributed by atoms with Crippen LogP contribution >= 0.6 is 0 Å². The van der Waals surface area contributed by atoms with Gasteiger partial charge in [0.1, 0.15) is 25.0 Å². The van der Waals surface area contributed by atoms with E-state index < -0.39 is 30.6 Å². The Labute approximate surface area is 203 Å². The Balaban J connectivity index is 1.29. The number of nitrogens with zero attached hydrogens (tertiary/aromatic N) is 2. The molecule has 0 aromatic heterocycles. The number of rotatable bonds is 6. The fourth-order valence-corrected chi connectivity index (χ4v) is 4.20. The lowest BCUT2D eigenvalue weighted by Crippen LogP contribution is -2.49. The van der Waals surface area contributed by atoms with Gasteiger partial charge in [-0.05, 0) is 36.0 Å². The quantitative estimate of drug-likeness (QED) is 0.708. The van der Waals surface area contributed by atoms with Gasteiger partial charge in [-0.3, -0.25) is 14.4 Å². The van der Waals surface area contributed by atoms with Gasteiger partial charge < -0.3 is 24.6 Å². The lowest BCUT2D eigenvalue weighted by atomic mass is 10.0. The molecule has 176 valence electrons. The van der Waals surface area contributed by atoms with Crippen LogP contribution in [0.15, 0.2) is 54.7 Å². The Morgan fingerprint density at radius 3 is 2.74 bits per heavy atom. The summed E-state index contributed by atoms with van der Waals surface area (Å²) in [4.78, 5) is 40.7. The van der Waals surface area contributed by atoms with Crippen LogP contribution in [0.2, 0.25) is 0 Å². The molecule has 3 heterocycles. The Hall–Kier alpha value is -3.65. The first-order chi connectivity index (χ1) is 18.0. The second-order valence-electron chi connectivity index (χ2n) is 8.33. The molecule has 1 unspecified atom stereocenters. The molecule has 0 spiro atoms. The number of ether oxygens (including phenoxy) is 2. The van der Waals surface area contributed by atoms with Crippen LogP contribution in [-0.4, -0.2) is 53.3 Å². The van der Waals surface area contributed by atoms with Crippen molar-refractivity contribution in [1.82, 2.24) is 15.1 Å². The van der Waals surface area contributed by atoms with Crippen LogP contribution in [0, 0.1) is 0 Å². The van der Waals surface area contributed by atoms with Gasteiger partial charge in [0.05, 0.1) is 13.2 Å². The van der Waals surface area contributed by atoms with Crippen molar-refractivity contribution in [2.75, 3.05) is 19.8 Å². The summed E-state index contributed by atoms with van der Waals surface area (Å²) < 4.78 is 44.2. The molecule has 5 rings (SSSR count). The summed E-state index contributed by atoms with van der Waals surface area (Å²) in [6.45, 7) is 5.23. The number of fused-ring (bicyclic) bond motifs is 1. The predicted octanol–water partition coefficient (Wildman–Crippen LogP) is 2.37. The van der Waals surface area contributed by atoms with Gasteiger partial charge in [-0.1, -0.05) is 36.9 Å². The maximum absolute atomic E-state index is 13.2. The number of hydrogen-bond donors (Lipinski definition) is 1. The minimum Gasteiger partial charge on any atom is -0.489 e. The summed E-state index contributed by atoms with van der Waals surface area (Å²) >= 11 is 0. The van der Waals surface area contributed by atoms with Gasteiger partial charge in [-0.25, -0.2) is 0 Å². The molecule has 2 fully saturated rings. The third-order valence-electron chi connectivity index (χ3n) is 6.02. The van der Waals surface area contributed by atoms with Crippen molar-refractivity contribution in [3.8, 4) is 5.75 Å². The van der Waals surface area contributed by atoms with Crippen molar-refractivity contribution < 1.29 is 29.3 Å². The molecule has 3 aliphatic rings. The van der Waals surface area contributed by atoms with Gasteiger partial charge in [0.2, 0.25) is 11.8 Å². The first kappa shape index (κ1) is 17.8. The summed E-state index contributed by atoms with van der Waals surface area (Å²) in [6.07, 6.45) is -5.26. The molecule has 8 heteroatoms. The monoisotopic (exact) mass is 465 g/mol. The van der Waals surface area contributed by atoms with Crippen LogP contribution in [0.4, 0.5) is 0 Å². The molecule has 2 aromatic rings. The van der Waals surface area contributed by atoms with E-state index >= 15 is 0 Å². The molecule has 8 nitrogen and oxygen atoms in total. The van der Waals surface area contributed by atoms with Gasteiger partial charge in [0.25, 0.3) is 5.91 Å². The van der Waals surface area contributed by atoms with E-state index in [4.69, 9.17) is 15.0 Å². The number of nitrogens with one attached hydrogen (secondary N) is 1. The molecule has 1 N–H and O–H groups in total. The second-order valence-corrected chi connectivity index (χ2v) is 8.33. The fraction of sp³-hybridized carbons (Fsp3) is 0.346. The summed E-state index contributed by atoms with van der Waals surface area (Å²) in [6, 6.07) is 10.9. The van der Waals surface area contributed by atoms with Gasteiger partial charge in [0.15, 0.2) is 0 Å². The number of piperidine rings is 1. The molecular weight excluding hydrogens is 434 g/mol. The van der Waals surface area contributed by atoms with E-state index in [-0.39, 0.29) is 36.9 Å². The maximum Gasteiger partial charge on any atom is 0.255 e. The summed E-state index contributed by atoms with van der Waals surface area (Å²) in [5, 5.41) is 2.29. The van der Waals surface area contributed by atoms with Crippen LogP contribution in [0.25, 0.3) is 0 Å². The van der Waals surface area contributed by atoms with E-state index in [1.807, 2.05) is 24.3 Å². The topological polar surface area (TPSA) is 88.2 Å². The SMILES string of the molecule is [2H]C1([2H])C(=C)NC(=O)C(N2Cc3c(OCc4ccc(CN5CCOCC5=O)cc4)cccc3C2=O)C1([2H])[2H]. The third kappa shape index (κ3) is 4.41. The number of carbonyl (C=O) groups excluding carboxylic acids is 3. The van der Waals surface area contributed by atoms with E-state index in [0.717, 1.165) is 16.0 Å². The van der Waals surface area contributed by atoms with Crippen molar-refractivity contribution in [2.45, 2.75) is 38.5 Å². The molecule has 0 aliphatic carbocycles. The molecule has 3 amide bonds. The summed E-state index contributed by atoms with van der Waals surface area (Å²) in [5.74, 6) is -1.01. The molecule has 0 bridgehead atoms. The zero-order valence-corrected chi connectivity index (χ0v) is 18.5. The molecule has 34 heavy (non-hydrogen) atoms. The maximum atomic E-state index is 13.2. The van der Waals surface area contributed by atoms with Gasteiger partial charge in [0, 0.05) is 35.4 Å². The minimum atomic E-state index is -2.70. The molecule has 1 atom stereocenters. The lowest BCUT2D eigenvalue weighted by molar-refractivity contribution is -0.143. The Morgan fingerprint density at radius 1 is 1.15 bits per heavy atom. The molecule has 0 saturated carbocycles. The van der Waals surface area contributed by atoms with E-state index in [1.54, 1.807) is 23.1 Å². The molecule has 0 radical (unpaired) electrons. The molecule has 3 aliphatic heterocycles.